The molecule has 0 aliphatic heterocycles. The van der Waals surface area contributed by atoms with Crippen LogP contribution in [0.3, 0.4) is 0 Å². The molecule has 0 heterocycles. The summed E-state index contributed by atoms with van der Waals surface area (Å²) in [5.41, 5.74) is 0.513. The van der Waals surface area contributed by atoms with Crippen molar-refractivity contribution in [3.63, 3.8) is 0 Å². The minimum absolute atomic E-state index is 0.270. The highest BCUT2D eigenvalue weighted by atomic mass is 79.9. The quantitative estimate of drug-likeness (QED) is 0.374. The van der Waals surface area contributed by atoms with E-state index in [4.69, 9.17) is 4.74 Å². The first-order chi connectivity index (χ1) is 11.1. The summed E-state index contributed by atoms with van der Waals surface area (Å²) in [6.45, 7) is 3.70. The second-order valence-corrected chi connectivity index (χ2v) is 6.26. The lowest BCUT2D eigenvalue weighted by molar-refractivity contribution is -0.143. The second-order valence-electron chi connectivity index (χ2n) is 5.34. The summed E-state index contributed by atoms with van der Waals surface area (Å²) in [5.74, 6) is -0.673. The van der Waals surface area contributed by atoms with Crippen molar-refractivity contribution in [1.29, 1.82) is 0 Å². The molecule has 1 aromatic carbocycles. The Bertz CT molecular complexity index is 531. The SMILES string of the molecule is C=CCCCCCC[C@H](NC(=O)c1cccc(Br)c1)C(=O)OC. The molecule has 0 aliphatic rings. The van der Waals surface area contributed by atoms with Gasteiger partial charge in [-0.05, 0) is 37.5 Å². The number of hydrogen-bond donors (Lipinski definition) is 1. The van der Waals surface area contributed by atoms with E-state index in [-0.39, 0.29) is 5.91 Å². The lowest BCUT2D eigenvalue weighted by Gasteiger charge is -2.16. The van der Waals surface area contributed by atoms with Gasteiger partial charge < -0.3 is 10.1 Å². The van der Waals surface area contributed by atoms with E-state index in [2.05, 4.69) is 27.8 Å². The van der Waals surface area contributed by atoms with Crippen molar-refractivity contribution in [3.8, 4) is 0 Å². The fraction of sp³-hybridized carbons (Fsp3) is 0.444. The highest BCUT2D eigenvalue weighted by molar-refractivity contribution is 9.10. The number of methoxy groups -OCH3 is 1. The zero-order chi connectivity index (χ0) is 17.1. The Morgan fingerprint density at radius 1 is 1.30 bits per heavy atom. The highest BCUT2D eigenvalue weighted by Gasteiger charge is 2.21. The molecule has 4 nitrogen and oxygen atoms in total. The number of ether oxygens (including phenoxy) is 1. The topological polar surface area (TPSA) is 55.4 Å². The van der Waals surface area contributed by atoms with Crippen LogP contribution < -0.4 is 5.32 Å². The Morgan fingerprint density at radius 2 is 2.04 bits per heavy atom. The minimum Gasteiger partial charge on any atom is -0.467 e. The summed E-state index contributed by atoms with van der Waals surface area (Å²) in [7, 11) is 1.34. The maximum Gasteiger partial charge on any atom is 0.328 e. The molecule has 23 heavy (non-hydrogen) atoms. The van der Waals surface area contributed by atoms with Crippen molar-refractivity contribution in [2.75, 3.05) is 7.11 Å². The number of rotatable bonds is 10. The third-order valence-electron chi connectivity index (χ3n) is 3.53. The van der Waals surface area contributed by atoms with Crippen LogP contribution in [-0.4, -0.2) is 25.0 Å². The predicted octanol–water partition coefficient (Wildman–Crippen LogP) is 4.25. The Hall–Kier alpha value is -1.62. The summed E-state index contributed by atoms with van der Waals surface area (Å²) in [6, 6.07) is 6.46. The van der Waals surface area contributed by atoms with Crippen molar-refractivity contribution in [2.24, 2.45) is 0 Å². The lowest BCUT2D eigenvalue weighted by atomic mass is 10.1. The average molecular weight is 382 g/mol. The summed E-state index contributed by atoms with van der Waals surface area (Å²) in [5, 5.41) is 2.76. The third-order valence-corrected chi connectivity index (χ3v) is 4.02. The number of amides is 1. The molecule has 1 aromatic rings. The minimum atomic E-state index is -0.606. The van der Waals surface area contributed by atoms with E-state index in [9.17, 15) is 9.59 Å². The Balaban J connectivity index is 2.52. The normalized spacial score (nSPS) is 11.6. The predicted molar refractivity (Wildman–Crippen MR) is 95.3 cm³/mol. The van der Waals surface area contributed by atoms with Gasteiger partial charge in [0.2, 0.25) is 0 Å². The van der Waals surface area contributed by atoms with Gasteiger partial charge in [0.25, 0.3) is 5.91 Å². The molecule has 0 bridgehead atoms. The monoisotopic (exact) mass is 381 g/mol. The number of nitrogens with one attached hydrogen (secondary N) is 1. The number of halogens is 1. The van der Waals surface area contributed by atoms with Gasteiger partial charge in [-0.1, -0.05) is 47.3 Å². The highest BCUT2D eigenvalue weighted by Crippen LogP contribution is 2.13. The molecule has 1 atom stereocenters. The van der Waals surface area contributed by atoms with Gasteiger partial charge in [0.05, 0.1) is 7.11 Å². The zero-order valence-electron chi connectivity index (χ0n) is 13.5. The molecule has 0 aliphatic carbocycles. The van der Waals surface area contributed by atoms with Crippen LogP contribution in [0, 0.1) is 0 Å². The van der Waals surface area contributed by atoms with E-state index in [0.29, 0.717) is 12.0 Å². The smallest absolute Gasteiger partial charge is 0.328 e. The third kappa shape index (κ3) is 7.46. The van der Waals surface area contributed by atoms with Gasteiger partial charge in [0.15, 0.2) is 0 Å². The van der Waals surface area contributed by atoms with E-state index in [1.54, 1.807) is 18.2 Å². The van der Waals surface area contributed by atoms with Crippen LogP contribution in [0.4, 0.5) is 0 Å². The number of hydrogen-bond acceptors (Lipinski definition) is 3. The number of carbonyl (C=O) groups is 2. The van der Waals surface area contributed by atoms with E-state index >= 15 is 0 Å². The fourth-order valence-electron chi connectivity index (χ4n) is 2.25. The molecule has 5 heteroatoms. The number of esters is 1. The first-order valence-corrected chi connectivity index (χ1v) is 8.63. The number of allylic oxidation sites excluding steroid dienone is 1. The Kier molecular flexibility index (Phi) is 9.29. The van der Waals surface area contributed by atoms with Crippen molar-refractivity contribution < 1.29 is 14.3 Å². The number of unbranched alkanes of at least 4 members (excludes halogenated alkanes) is 4. The lowest BCUT2D eigenvalue weighted by Crippen LogP contribution is -2.41. The molecule has 1 N–H and O–H groups in total. The molecular weight excluding hydrogens is 358 g/mol. The standard InChI is InChI=1S/C18H24BrNO3/c1-3-4-5-6-7-8-12-16(18(22)23-2)20-17(21)14-10-9-11-15(19)13-14/h3,9-11,13,16H,1,4-8,12H2,2H3,(H,20,21)/t16-/m0/s1. The van der Waals surface area contributed by atoms with E-state index in [1.165, 1.54) is 7.11 Å². The molecule has 0 saturated heterocycles. The van der Waals surface area contributed by atoms with Gasteiger partial charge >= 0.3 is 5.97 Å². The average Bonchev–Trinajstić information content (AvgIpc) is 2.56. The number of benzene rings is 1. The first-order valence-electron chi connectivity index (χ1n) is 7.83. The van der Waals surface area contributed by atoms with Crippen molar-refractivity contribution in [3.05, 3.63) is 47.0 Å². The molecule has 0 saturated carbocycles. The Labute approximate surface area is 146 Å². The molecule has 0 spiro atoms. The van der Waals surface area contributed by atoms with E-state index < -0.39 is 12.0 Å². The van der Waals surface area contributed by atoms with Crippen LogP contribution in [0.15, 0.2) is 41.4 Å². The van der Waals surface area contributed by atoms with Crippen LogP contribution in [0.5, 0.6) is 0 Å². The molecule has 0 aromatic heterocycles. The van der Waals surface area contributed by atoms with Gasteiger partial charge in [-0.3, -0.25) is 4.79 Å². The zero-order valence-corrected chi connectivity index (χ0v) is 15.1. The maximum atomic E-state index is 12.3. The van der Waals surface area contributed by atoms with Gasteiger partial charge in [-0.15, -0.1) is 6.58 Å². The molecular formula is C18H24BrNO3. The van der Waals surface area contributed by atoms with Crippen LogP contribution in [0.25, 0.3) is 0 Å². The fourth-order valence-corrected chi connectivity index (χ4v) is 2.65. The van der Waals surface area contributed by atoms with Crippen LogP contribution in [-0.2, 0) is 9.53 Å². The van der Waals surface area contributed by atoms with Crippen molar-refractivity contribution in [2.45, 2.75) is 44.6 Å². The number of carbonyl (C=O) groups excluding carboxylic acids is 2. The molecule has 1 rings (SSSR count). The van der Waals surface area contributed by atoms with Gasteiger partial charge in [-0.2, -0.15) is 0 Å². The molecule has 0 fully saturated rings. The summed E-state index contributed by atoms with van der Waals surface area (Å²) >= 11 is 3.33. The van der Waals surface area contributed by atoms with Gasteiger partial charge in [-0.25, -0.2) is 4.79 Å². The molecule has 0 radical (unpaired) electrons. The van der Waals surface area contributed by atoms with Crippen molar-refractivity contribution in [1.82, 2.24) is 5.32 Å². The van der Waals surface area contributed by atoms with Crippen LogP contribution in [0.2, 0.25) is 0 Å². The summed E-state index contributed by atoms with van der Waals surface area (Å²) < 4.78 is 5.61. The summed E-state index contributed by atoms with van der Waals surface area (Å²) in [4.78, 5) is 24.1. The largest absolute Gasteiger partial charge is 0.467 e. The van der Waals surface area contributed by atoms with E-state index in [0.717, 1.165) is 36.6 Å². The van der Waals surface area contributed by atoms with Gasteiger partial charge in [0.1, 0.15) is 6.04 Å². The van der Waals surface area contributed by atoms with Crippen LogP contribution in [0.1, 0.15) is 48.9 Å². The Morgan fingerprint density at radius 3 is 2.70 bits per heavy atom. The van der Waals surface area contributed by atoms with Crippen molar-refractivity contribution >= 4 is 27.8 Å². The molecule has 1 amide bonds. The van der Waals surface area contributed by atoms with E-state index in [1.807, 2.05) is 12.1 Å². The molecule has 126 valence electrons. The van der Waals surface area contributed by atoms with Gasteiger partial charge in [0, 0.05) is 10.0 Å². The van der Waals surface area contributed by atoms with Crippen LogP contribution >= 0.6 is 15.9 Å². The molecule has 0 unspecified atom stereocenters. The second kappa shape index (κ2) is 11.0. The maximum absolute atomic E-state index is 12.3. The first kappa shape index (κ1) is 19.4. The summed E-state index contributed by atoms with van der Waals surface area (Å²) in [6.07, 6.45) is 7.61.